The maximum absolute atomic E-state index is 12.8. The monoisotopic (exact) mass is 287 g/mol. The van der Waals surface area contributed by atoms with E-state index in [1.807, 2.05) is 0 Å². The zero-order valence-electron chi connectivity index (χ0n) is 11.0. The van der Waals surface area contributed by atoms with Crippen LogP contribution in [0, 0.1) is 0 Å². The van der Waals surface area contributed by atoms with E-state index in [4.69, 9.17) is 4.74 Å². The van der Waals surface area contributed by atoms with Gasteiger partial charge in [0.15, 0.2) is 0 Å². The third kappa shape index (κ3) is 4.70. The fraction of sp³-hybridized carbons (Fsp3) is 0.357. The van der Waals surface area contributed by atoms with Gasteiger partial charge in [-0.1, -0.05) is 18.2 Å². The second kappa shape index (κ2) is 7.09. The molecule has 0 aliphatic heterocycles. The zero-order valence-corrected chi connectivity index (χ0v) is 11.0. The molecular formula is C14H16F3NO2. The normalized spacial score (nSPS) is 12.8. The summed E-state index contributed by atoms with van der Waals surface area (Å²) in [6.07, 6.45) is -3.16. The third-order valence-electron chi connectivity index (χ3n) is 2.55. The molecule has 1 N–H and O–H groups in total. The highest BCUT2D eigenvalue weighted by Crippen LogP contribution is 2.34. The summed E-state index contributed by atoms with van der Waals surface area (Å²) >= 11 is 0. The van der Waals surface area contributed by atoms with Gasteiger partial charge in [0.25, 0.3) is 5.91 Å². The van der Waals surface area contributed by atoms with E-state index in [0.717, 1.165) is 6.07 Å². The Labute approximate surface area is 115 Å². The number of rotatable bonds is 6. The van der Waals surface area contributed by atoms with Gasteiger partial charge in [0.05, 0.1) is 17.9 Å². The number of ether oxygens (including phenoxy) is 1. The lowest BCUT2D eigenvalue weighted by atomic mass is 10.1. The molecule has 0 radical (unpaired) electrons. The largest absolute Gasteiger partial charge is 0.418 e. The van der Waals surface area contributed by atoms with Crippen LogP contribution >= 0.6 is 0 Å². The number of hydrogen-bond donors (Lipinski definition) is 1. The Hall–Kier alpha value is -1.82. The summed E-state index contributed by atoms with van der Waals surface area (Å²) in [5.74, 6) is -0.620. The topological polar surface area (TPSA) is 38.3 Å². The number of para-hydroxylation sites is 1. The molecule has 1 aromatic rings. The molecule has 6 heteroatoms. The number of benzene rings is 1. The van der Waals surface area contributed by atoms with Crippen LogP contribution in [-0.4, -0.2) is 18.6 Å². The molecule has 0 fully saturated rings. The molecule has 0 spiro atoms. The summed E-state index contributed by atoms with van der Waals surface area (Å²) in [6.45, 7) is 5.27. The van der Waals surface area contributed by atoms with Crippen molar-refractivity contribution in [3.8, 4) is 0 Å². The number of amides is 1. The predicted molar refractivity (Wildman–Crippen MR) is 70.3 cm³/mol. The van der Waals surface area contributed by atoms with E-state index in [1.165, 1.54) is 25.1 Å². The quantitative estimate of drug-likeness (QED) is 0.641. The Morgan fingerprint density at radius 1 is 1.45 bits per heavy atom. The first kappa shape index (κ1) is 16.2. The van der Waals surface area contributed by atoms with Gasteiger partial charge in [-0.15, -0.1) is 6.58 Å². The molecule has 1 rings (SSSR count). The molecule has 0 saturated carbocycles. The molecule has 3 nitrogen and oxygen atoms in total. The summed E-state index contributed by atoms with van der Waals surface area (Å²) < 4.78 is 43.4. The molecule has 1 aromatic carbocycles. The predicted octanol–water partition coefficient (Wildman–Crippen LogP) is 3.63. The summed E-state index contributed by atoms with van der Waals surface area (Å²) in [4.78, 5) is 11.8. The van der Waals surface area contributed by atoms with Gasteiger partial charge in [0.1, 0.15) is 6.10 Å². The van der Waals surface area contributed by atoms with Crippen LogP contribution in [0.25, 0.3) is 0 Å². The number of hydrogen-bond acceptors (Lipinski definition) is 2. The number of carbonyl (C=O) groups excluding carboxylic acids is 1. The van der Waals surface area contributed by atoms with Crippen molar-refractivity contribution in [2.45, 2.75) is 25.6 Å². The Balaban J connectivity index is 2.73. The molecule has 0 heterocycles. The van der Waals surface area contributed by atoms with Crippen LogP contribution in [0.15, 0.2) is 36.9 Å². The van der Waals surface area contributed by atoms with Crippen molar-refractivity contribution in [3.05, 3.63) is 42.5 Å². The van der Waals surface area contributed by atoms with Crippen molar-refractivity contribution in [1.82, 2.24) is 0 Å². The highest BCUT2D eigenvalue weighted by molar-refractivity contribution is 5.94. The van der Waals surface area contributed by atoms with Crippen LogP contribution in [0.5, 0.6) is 0 Å². The molecule has 0 aliphatic carbocycles. The van der Waals surface area contributed by atoms with Crippen LogP contribution < -0.4 is 5.32 Å². The van der Waals surface area contributed by atoms with Crippen LogP contribution in [0.2, 0.25) is 0 Å². The van der Waals surface area contributed by atoms with E-state index in [9.17, 15) is 18.0 Å². The van der Waals surface area contributed by atoms with Gasteiger partial charge in [-0.25, -0.2) is 0 Å². The molecule has 110 valence electrons. The van der Waals surface area contributed by atoms with E-state index in [0.29, 0.717) is 13.0 Å². The van der Waals surface area contributed by atoms with Gasteiger partial charge in [-0.3, -0.25) is 4.79 Å². The lowest BCUT2D eigenvalue weighted by Crippen LogP contribution is -2.29. The summed E-state index contributed by atoms with van der Waals surface area (Å²) in [5.41, 5.74) is -1.16. The first-order valence-corrected chi connectivity index (χ1v) is 6.06. The average Bonchev–Trinajstić information content (AvgIpc) is 2.38. The van der Waals surface area contributed by atoms with Gasteiger partial charge in [0, 0.05) is 0 Å². The number of halogens is 3. The molecule has 1 unspecified atom stereocenters. The van der Waals surface area contributed by atoms with Gasteiger partial charge in [-0.2, -0.15) is 13.2 Å². The first-order valence-electron chi connectivity index (χ1n) is 6.06. The van der Waals surface area contributed by atoms with E-state index >= 15 is 0 Å². The number of carbonyl (C=O) groups is 1. The minimum atomic E-state index is -4.52. The highest BCUT2D eigenvalue weighted by Gasteiger charge is 2.33. The Morgan fingerprint density at radius 2 is 2.10 bits per heavy atom. The number of alkyl halides is 3. The van der Waals surface area contributed by atoms with E-state index < -0.39 is 23.8 Å². The Morgan fingerprint density at radius 3 is 2.70 bits per heavy atom. The van der Waals surface area contributed by atoms with Crippen molar-refractivity contribution in [2.75, 3.05) is 11.9 Å². The molecule has 0 saturated heterocycles. The molecule has 1 amide bonds. The molecule has 20 heavy (non-hydrogen) atoms. The smallest absolute Gasteiger partial charge is 0.368 e. The van der Waals surface area contributed by atoms with Crippen LogP contribution in [-0.2, 0) is 15.7 Å². The van der Waals surface area contributed by atoms with E-state index in [1.54, 1.807) is 6.08 Å². The molecule has 1 atom stereocenters. The first-order chi connectivity index (χ1) is 9.36. The molecule has 0 aromatic heterocycles. The zero-order chi connectivity index (χ0) is 15.2. The molecule has 0 aliphatic rings. The summed E-state index contributed by atoms with van der Waals surface area (Å²) in [5, 5.41) is 2.23. The molecule has 0 bridgehead atoms. The number of nitrogens with one attached hydrogen (secondary N) is 1. The van der Waals surface area contributed by atoms with Crippen molar-refractivity contribution in [3.63, 3.8) is 0 Å². The SMILES string of the molecule is C=CCCOC(C)C(=O)Nc1ccccc1C(F)(F)F. The minimum Gasteiger partial charge on any atom is -0.368 e. The Bertz CT molecular complexity index is 472. The minimum absolute atomic E-state index is 0.274. The summed E-state index contributed by atoms with van der Waals surface area (Å²) in [6, 6.07) is 4.81. The van der Waals surface area contributed by atoms with Crippen molar-refractivity contribution in [1.29, 1.82) is 0 Å². The van der Waals surface area contributed by atoms with E-state index in [2.05, 4.69) is 11.9 Å². The van der Waals surface area contributed by atoms with Crippen molar-refractivity contribution < 1.29 is 22.7 Å². The molecular weight excluding hydrogens is 271 g/mol. The Kier molecular flexibility index (Phi) is 5.76. The maximum atomic E-state index is 12.8. The van der Waals surface area contributed by atoms with Crippen molar-refractivity contribution >= 4 is 11.6 Å². The van der Waals surface area contributed by atoms with Crippen LogP contribution in [0.3, 0.4) is 0 Å². The highest BCUT2D eigenvalue weighted by atomic mass is 19.4. The fourth-order valence-electron chi connectivity index (χ4n) is 1.48. The van der Waals surface area contributed by atoms with Gasteiger partial charge < -0.3 is 10.1 Å². The van der Waals surface area contributed by atoms with Crippen LogP contribution in [0.4, 0.5) is 18.9 Å². The van der Waals surface area contributed by atoms with Gasteiger partial charge in [0.2, 0.25) is 0 Å². The third-order valence-corrected chi connectivity index (χ3v) is 2.55. The van der Waals surface area contributed by atoms with Crippen molar-refractivity contribution in [2.24, 2.45) is 0 Å². The maximum Gasteiger partial charge on any atom is 0.418 e. The fourth-order valence-corrected chi connectivity index (χ4v) is 1.48. The van der Waals surface area contributed by atoms with Gasteiger partial charge >= 0.3 is 6.18 Å². The van der Waals surface area contributed by atoms with Gasteiger partial charge in [-0.05, 0) is 25.5 Å². The number of anilines is 1. The summed E-state index contributed by atoms with van der Waals surface area (Å²) in [7, 11) is 0. The second-order valence-corrected chi connectivity index (χ2v) is 4.12. The lowest BCUT2D eigenvalue weighted by Gasteiger charge is -2.16. The second-order valence-electron chi connectivity index (χ2n) is 4.12. The van der Waals surface area contributed by atoms with Crippen LogP contribution in [0.1, 0.15) is 18.9 Å². The lowest BCUT2D eigenvalue weighted by molar-refractivity contribution is -0.137. The standard InChI is InChI=1S/C14H16F3NO2/c1-3-4-9-20-10(2)13(19)18-12-8-6-5-7-11(12)14(15,16)17/h3,5-8,10H,1,4,9H2,2H3,(H,18,19). The van der Waals surface area contributed by atoms with E-state index in [-0.39, 0.29) is 5.69 Å². The average molecular weight is 287 g/mol.